The van der Waals surface area contributed by atoms with Crippen molar-refractivity contribution in [2.75, 3.05) is 26.9 Å². The third-order valence-corrected chi connectivity index (χ3v) is 5.15. The molecule has 1 saturated heterocycles. The zero-order valence-electron chi connectivity index (χ0n) is 15.9. The highest BCUT2D eigenvalue weighted by molar-refractivity contribution is 5.80. The molecule has 1 aliphatic heterocycles. The van der Waals surface area contributed by atoms with E-state index in [1.165, 1.54) is 0 Å². The van der Waals surface area contributed by atoms with Crippen molar-refractivity contribution in [1.29, 1.82) is 0 Å². The molecule has 0 aliphatic carbocycles. The van der Waals surface area contributed by atoms with E-state index in [2.05, 4.69) is 11.4 Å². The molecule has 5 nitrogen and oxygen atoms in total. The third-order valence-electron chi connectivity index (χ3n) is 5.15. The van der Waals surface area contributed by atoms with E-state index in [-0.39, 0.29) is 11.3 Å². The normalized spacial score (nSPS) is 17.0. The van der Waals surface area contributed by atoms with E-state index in [1.54, 1.807) is 14.0 Å². The van der Waals surface area contributed by atoms with Crippen molar-refractivity contribution >= 4 is 5.91 Å². The van der Waals surface area contributed by atoms with Crippen LogP contribution in [0.5, 0.6) is 11.5 Å². The summed E-state index contributed by atoms with van der Waals surface area (Å²) in [5.41, 5.74) is 0.917. The lowest BCUT2D eigenvalue weighted by molar-refractivity contribution is -0.127. The number of hydrogen-bond donors (Lipinski definition) is 1. The molecule has 1 fully saturated rings. The zero-order valence-corrected chi connectivity index (χ0v) is 15.9. The van der Waals surface area contributed by atoms with Gasteiger partial charge in [-0.05, 0) is 38.0 Å². The van der Waals surface area contributed by atoms with Crippen molar-refractivity contribution in [3.63, 3.8) is 0 Å². The molecular weight excluding hydrogens is 342 g/mol. The van der Waals surface area contributed by atoms with Gasteiger partial charge in [-0.3, -0.25) is 4.79 Å². The molecule has 5 heteroatoms. The topological polar surface area (TPSA) is 56.8 Å². The van der Waals surface area contributed by atoms with Crippen molar-refractivity contribution in [3.8, 4) is 11.5 Å². The number of amides is 1. The van der Waals surface area contributed by atoms with E-state index in [0.717, 1.165) is 24.2 Å². The molecule has 1 atom stereocenters. The predicted octanol–water partition coefficient (Wildman–Crippen LogP) is 3.33. The first-order chi connectivity index (χ1) is 13.1. The van der Waals surface area contributed by atoms with Crippen LogP contribution >= 0.6 is 0 Å². The van der Waals surface area contributed by atoms with E-state index in [4.69, 9.17) is 14.2 Å². The van der Waals surface area contributed by atoms with Crippen molar-refractivity contribution in [2.24, 2.45) is 0 Å². The maximum atomic E-state index is 12.6. The highest BCUT2D eigenvalue weighted by Crippen LogP contribution is 2.39. The van der Waals surface area contributed by atoms with Gasteiger partial charge < -0.3 is 19.5 Å². The first-order valence-corrected chi connectivity index (χ1v) is 9.35. The molecule has 27 heavy (non-hydrogen) atoms. The maximum absolute atomic E-state index is 12.6. The fraction of sp³-hybridized carbons (Fsp3) is 0.409. The van der Waals surface area contributed by atoms with Gasteiger partial charge in [-0.25, -0.2) is 0 Å². The molecule has 1 heterocycles. The molecule has 3 rings (SSSR count). The Morgan fingerprint density at radius 3 is 2.48 bits per heavy atom. The summed E-state index contributed by atoms with van der Waals surface area (Å²) in [6.45, 7) is 3.63. The molecule has 1 aliphatic rings. The minimum Gasteiger partial charge on any atom is -0.496 e. The third kappa shape index (κ3) is 4.61. The number of carbonyl (C=O) groups is 1. The first-order valence-electron chi connectivity index (χ1n) is 9.35. The predicted molar refractivity (Wildman–Crippen MR) is 104 cm³/mol. The standard InChI is InChI=1S/C22H27NO4/c1-17(27-18-8-4-3-5-9-18)21(24)23-16-22(12-14-26-15-13-22)19-10-6-7-11-20(19)25-2/h3-11,17H,12-16H2,1-2H3,(H,23,24). The minimum atomic E-state index is -0.568. The highest BCUT2D eigenvalue weighted by Gasteiger charge is 2.37. The molecule has 1 unspecified atom stereocenters. The number of ether oxygens (including phenoxy) is 3. The Labute approximate surface area is 160 Å². The van der Waals surface area contributed by atoms with Crippen LogP contribution < -0.4 is 14.8 Å². The summed E-state index contributed by atoms with van der Waals surface area (Å²) in [6, 6.07) is 17.4. The van der Waals surface area contributed by atoms with E-state index in [0.29, 0.717) is 25.5 Å². The summed E-state index contributed by atoms with van der Waals surface area (Å²) in [7, 11) is 1.68. The number of rotatable bonds is 7. The summed E-state index contributed by atoms with van der Waals surface area (Å²) in [4.78, 5) is 12.6. The Kier molecular flexibility index (Phi) is 6.35. The van der Waals surface area contributed by atoms with Crippen LogP contribution in [0.2, 0.25) is 0 Å². The van der Waals surface area contributed by atoms with Gasteiger partial charge in [-0.2, -0.15) is 0 Å². The lowest BCUT2D eigenvalue weighted by atomic mass is 9.73. The minimum absolute atomic E-state index is 0.125. The molecule has 0 aromatic heterocycles. The van der Waals surface area contributed by atoms with Gasteiger partial charge in [0.2, 0.25) is 0 Å². The second-order valence-electron chi connectivity index (χ2n) is 6.88. The molecule has 2 aromatic rings. The van der Waals surface area contributed by atoms with Crippen molar-refractivity contribution in [2.45, 2.75) is 31.3 Å². The second kappa shape index (κ2) is 8.91. The summed E-state index contributed by atoms with van der Waals surface area (Å²) < 4.78 is 16.9. The highest BCUT2D eigenvalue weighted by atomic mass is 16.5. The quantitative estimate of drug-likeness (QED) is 0.813. The van der Waals surface area contributed by atoms with Crippen LogP contribution in [0.1, 0.15) is 25.3 Å². The fourth-order valence-electron chi connectivity index (χ4n) is 3.54. The Bertz CT molecular complexity index is 741. The summed E-state index contributed by atoms with van der Waals surface area (Å²) in [5.74, 6) is 1.41. The van der Waals surface area contributed by atoms with Crippen molar-refractivity contribution in [1.82, 2.24) is 5.32 Å². The lowest BCUT2D eigenvalue weighted by Crippen LogP contribution is -2.47. The van der Waals surface area contributed by atoms with E-state index < -0.39 is 6.10 Å². The number of methoxy groups -OCH3 is 1. The summed E-state index contributed by atoms with van der Waals surface area (Å²) >= 11 is 0. The maximum Gasteiger partial charge on any atom is 0.260 e. The molecule has 0 radical (unpaired) electrons. The average molecular weight is 369 g/mol. The zero-order chi connectivity index (χ0) is 19.1. The van der Waals surface area contributed by atoms with Crippen LogP contribution in [0.15, 0.2) is 54.6 Å². The second-order valence-corrected chi connectivity index (χ2v) is 6.88. The van der Waals surface area contributed by atoms with E-state index in [9.17, 15) is 4.79 Å². The SMILES string of the molecule is COc1ccccc1C1(CNC(=O)C(C)Oc2ccccc2)CCOCC1. The fourth-order valence-corrected chi connectivity index (χ4v) is 3.54. The monoisotopic (exact) mass is 369 g/mol. The Morgan fingerprint density at radius 2 is 1.78 bits per heavy atom. The Hall–Kier alpha value is -2.53. The Balaban J connectivity index is 1.71. The van der Waals surface area contributed by atoms with E-state index >= 15 is 0 Å². The first kappa shape index (κ1) is 19.2. The molecule has 1 amide bonds. The molecule has 1 N–H and O–H groups in total. The molecule has 144 valence electrons. The summed E-state index contributed by atoms with van der Waals surface area (Å²) in [5, 5.41) is 3.09. The lowest BCUT2D eigenvalue weighted by Gasteiger charge is -2.38. The number of hydrogen-bond acceptors (Lipinski definition) is 4. The largest absolute Gasteiger partial charge is 0.496 e. The number of para-hydroxylation sites is 2. The molecule has 2 aromatic carbocycles. The molecule has 0 saturated carbocycles. The smallest absolute Gasteiger partial charge is 0.260 e. The number of carbonyl (C=O) groups excluding carboxylic acids is 1. The van der Waals surface area contributed by atoms with Gasteiger partial charge in [0.1, 0.15) is 11.5 Å². The van der Waals surface area contributed by atoms with Gasteiger partial charge in [0, 0.05) is 30.7 Å². The van der Waals surface area contributed by atoms with Crippen LogP contribution in [0.4, 0.5) is 0 Å². The van der Waals surface area contributed by atoms with Gasteiger partial charge >= 0.3 is 0 Å². The Morgan fingerprint density at radius 1 is 1.11 bits per heavy atom. The van der Waals surface area contributed by atoms with Gasteiger partial charge in [0.25, 0.3) is 5.91 Å². The van der Waals surface area contributed by atoms with Crippen LogP contribution in [0, 0.1) is 0 Å². The van der Waals surface area contributed by atoms with Crippen LogP contribution in [-0.4, -0.2) is 38.9 Å². The van der Waals surface area contributed by atoms with E-state index in [1.807, 2.05) is 48.5 Å². The number of nitrogens with one attached hydrogen (secondary N) is 1. The van der Waals surface area contributed by atoms with Crippen molar-refractivity contribution in [3.05, 3.63) is 60.2 Å². The van der Waals surface area contributed by atoms with Crippen LogP contribution in [0.3, 0.4) is 0 Å². The molecular formula is C22H27NO4. The van der Waals surface area contributed by atoms with Gasteiger partial charge in [0.05, 0.1) is 7.11 Å². The molecule has 0 bridgehead atoms. The average Bonchev–Trinajstić information content (AvgIpc) is 2.73. The van der Waals surface area contributed by atoms with Crippen LogP contribution in [-0.2, 0) is 14.9 Å². The van der Waals surface area contributed by atoms with Crippen molar-refractivity contribution < 1.29 is 19.0 Å². The van der Waals surface area contributed by atoms with Gasteiger partial charge in [-0.15, -0.1) is 0 Å². The van der Waals surface area contributed by atoms with Gasteiger partial charge in [0.15, 0.2) is 6.10 Å². The van der Waals surface area contributed by atoms with Crippen LogP contribution in [0.25, 0.3) is 0 Å². The molecule has 0 spiro atoms. The van der Waals surface area contributed by atoms with Gasteiger partial charge in [-0.1, -0.05) is 36.4 Å². The number of benzene rings is 2. The summed E-state index contributed by atoms with van der Waals surface area (Å²) in [6.07, 6.45) is 1.10.